The third kappa shape index (κ3) is 3.43. The minimum Gasteiger partial charge on any atom is -0.377 e. The predicted molar refractivity (Wildman–Crippen MR) is 107 cm³/mol. The Kier molecular flexibility index (Phi) is 6.30. The summed E-state index contributed by atoms with van der Waals surface area (Å²) in [5, 5.41) is 3.58. The fourth-order valence-corrected chi connectivity index (χ4v) is 3.56. The number of pyridine rings is 1. The summed E-state index contributed by atoms with van der Waals surface area (Å²) in [5.74, 6) is 0.781. The molecule has 0 bridgehead atoms. The molecule has 3 rings (SSSR count). The molecular weight excluding hydrogens is 290 g/mol. The van der Waals surface area contributed by atoms with Gasteiger partial charge in [-0.1, -0.05) is 56.9 Å². The topological polar surface area (TPSA) is 24.9 Å². The molecule has 24 heavy (non-hydrogen) atoms. The summed E-state index contributed by atoms with van der Waals surface area (Å²) in [4.78, 5) is 4.20. The molecule has 0 aromatic carbocycles. The normalized spacial score (nSPS) is 24.6. The van der Waals surface area contributed by atoms with Crippen molar-refractivity contribution in [3.63, 3.8) is 0 Å². The van der Waals surface area contributed by atoms with E-state index in [1.54, 1.807) is 0 Å². The van der Waals surface area contributed by atoms with Crippen LogP contribution in [0.4, 0.5) is 5.69 Å². The van der Waals surface area contributed by atoms with Gasteiger partial charge in [0.2, 0.25) is 0 Å². The first kappa shape index (κ1) is 18.4. The van der Waals surface area contributed by atoms with Crippen molar-refractivity contribution >= 4 is 32.6 Å². The molecule has 120 valence electrons. The Morgan fingerprint density at radius 2 is 2.12 bits per heavy atom. The number of fused-ring (bicyclic) bond motifs is 3. The van der Waals surface area contributed by atoms with Gasteiger partial charge in [0.15, 0.2) is 0 Å². The smallest absolute Gasteiger partial charge is 0.144 e. The van der Waals surface area contributed by atoms with E-state index in [1.165, 1.54) is 5.57 Å². The Balaban J connectivity index is 0.00000100. The largest absolute Gasteiger partial charge is 0.377 e. The van der Waals surface area contributed by atoms with Gasteiger partial charge in [-0.3, -0.25) is 4.98 Å². The van der Waals surface area contributed by atoms with Crippen molar-refractivity contribution < 1.29 is 0 Å². The van der Waals surface area contributed by atoms with Crippen molar-refractivity contribution in [3.8, 4) is 0 Å². The van der Waals surface area contributed by atoms with Crippen LogP contribution in [0.3, 0.4) is 0 Å². The first-order valence-corrected chi connectivity index (χ1v) is 8.60. The maximum Gasteiger partial charge on any atom is 0.144 e. The Morgan fingerprint density at radius 3 is 2.79 bits per heavy atom. The lowest BCUT2D eigenvalue weighted by Crippen LogP contribution is -2.41. The first-order chi connectivity index (χ1) is 11.7. The highest BCUT2D eigenvalue weighted by atomic mass is 15.0. The number of nitrogens with zero attached hydrogens (tertiary/aromatic N) is 1. The molecule has 4 heteroatoms. The highest BCUT2D eigenvalue weighted by molar-refractivity contribution is 6.37. The molecule has 3 unspecified atom stereocenters. The number of nitrogens with one attached hydrogen (secondary N) is 1. The van der Waals surface area contributed by atoms with Crippen LogP contribution in [0.5, 0.6) is 0 Å². The van der Waals surface area contributed by atoms with E-state index in [0.29, 0.717) is 23.0 Å². The average Bonchev–Trinajstić information content (AvgIpc) is 3.06. The Bertz CT molecular complexity index is 689. The van der Waals surface area contributed by atoms with E-state index in [9.17, 15) is 0 Å². The molecule has 0 saturated carbocycles. The molecule has 1 aliphatic carbocycles. The van der Waals surface area contributed by atoms with Crippen LogP contribution in [-0.4, -0.2) is 26.7 Å². The zero-order valence-corrected chi connectivity index (χ0v) is 14.8. The molecule has 4 radical (unpaired) electrons. The molecule has 1 aromatic rings. The molecule has 0 amide bonds. The summed E-state index contributed by atoms with van der Waals surface area (Å²) < 4.78 is 0. The van der Waals surface area contributed by atoms with Crippen LogP contribution in [0, 0.1) is 5.92 Å². The van der Waals surface area contributed by atoms with Gasteiger partial charge < -0.3 is 5.32 Å². The number of hydrogen-bond donors (Lipinski definition) is 1. The lowest BCUT2D eigenvalue weighted by molar-refractivity contribution is 0.455. The van der Waals surface area contributed by atoms with E-state index in [-0.39, 0.29) is 6.04 Å². The molecule has 2 nitrogen and oxygen atoms in total. The lowest BCUT2D eigenvalue weighted by atomic mass is 9.74. The van der Waals surface area contributed by atoms with Crippen LogP contribution in [0.1, 0.15) is 38.7 Å². The average molecular weight is 314 g/mol. The second-order valence-electron chi connectivity index (χ2n) is 5.77. The van der Waals surface area contributed by atoms with Crippen LogP contribution in [0.2, 0.25) is 0 Å². The SMILES string of the molecule is CC.[B]c1cc2c(c([B])n1)NC(C(/C=C\C)=C/C=C)C1CC=CC21. The van der Waals surface area contributed by atoms with Crippen molar-refractivity contribution in [3.05, 3.63) is 60.2 Å². The van der Waals surface area contributed by atoms with Gasteiger partial charge in [0.25, 0.3) is 0 Å². The van der Waals surface area contributed by atoms with Gasteiger partial charge in [0.1, 0.15) is 15.7 Å². The first-order valence-electron chi connectivity index (χ1n) is 8.60. The van der Waals surface area contributed by atoms with Crippen LogP contribution >= 0.6 is 0 Å². The van der Waals surface area contributed by atoms with Gasteiger partial charge >= 0.3 is 0 Å². The second kappa shape index (κ2) is 8.23. The predicted octanol–water partition coefficient (Wildman–Crippen LogP) is 2.84. The Morgan fingerprint density at radius 1 is 1.38 bits per heavy atom. The second-order valence-corrected chi connectivity index (χ2v) is 5.77. The molecule has 3 atom stereocenters. The van der Waals surface area contributed by atoms with Crippen molar-refractivity contribution in [1.82, 2.24) is 4.98 Å². The van der Waals surface area contributed by atoms with E-state index in [2.05, 4.69) is 47.3 Å². The fraction of sp³-hybridized carbons (Fsp3) is 0.350. The van der Waals surface area contributed by atoms with Crippen molar-refractivity contribution in [2.24, 2.45) is 5.92 Å². The number of allylic oxidation sites excluding steroid dienone is 5. The summed E-state index contributed by atoms with van der Waals surface area (Å²) in [6.07, 6.45) is 13.6. The van der Waals surface area contributed by atoms with Crippen molar-refractivity contribution in [1.29, 1.82) is 0 Å². The van der Waals surface area contributed by atoms with Gasteiger partial charge in [0, 0.05) is 17.2 Å². The van der Waals surface area contributed by atoms with Gasteiger partial charge in [0.05, 0.1) is 6.04 Å². The third-order valence-electron chi connectivity index (χ3n) is 4.43. The molecule has 2 heterocycles. The highest BCUT2D eigenvalue weighted by Gasteiger charge is 2.38. The standard InChI is InChI=1S/C18H18B2N2.C2H6/c1-3-6-11(7-4-2)16-13-9-5-8-12(13)14-10-15(19)21-18(20)17(14)22-16;1-2/h3-8,10,12-13,16,22H,1,9H2,2H3;1-2H3/b7-4-,11-6+;. The minimum absolute atomic E-state index is 0.189. The molecule has 0 fully saturated rings. The quantitative estimate of drug-likeness (QED) is 0.527. The maximum absolute atomic E-state index is 6.10. The van der Waals surface area contributed by atoms with E-state index < -0.39 is 0 Å². The summed E-state index contributed by atoms with van der Waals surface area (Å²) in [5.41, 5.74) is 4.21. The third-order valence-corrected chi connectivity index (χ3v) is 4.43. The Hall–Kier alpha value is -1.96. The summed E-state index contributed by atoms with van der Waals surface area (Å²) >= 11 is 0. The van der Waals surface area contributed by atoms with Gasteiger partial charge in [-0.05, 0) is 42.1 Å². The summed E-state index contributed by atoms with van der Waals surface area (Å²) in [6.45, 7) is 9.85. The lowest BCUT2D eigenvalue weighted by Gasteiger charge is -2.39. The molecule has 1 aromatic heterocycles. The minimum atomic E-state index is 0.189. The summed E-state index contributed by atoms with van der Waals surface area (Å²) in [7, 11) is 12.0. The summed E-state index contributed by atoms with van der Waals surface area (Å²) in [6, 6.07) is 2.13. The number of hydrogen-bond acceptors (Lipinski definition) is 2. The van der Waals surface area contributed by atoms with E-state index in [1.807, 2.05) is 32.9 Å². The number of aromatic nitrogens is 1. The van der Waals surface area contributed by atoms with E-state index in [0.717, 1.165) is 17.7 Å². The molecule has 0 saturated heterocycles. The van der Waals surface area contributed by atoms with Crippen LogP contribution in [0.15, 0.2) is 54.7 Å². The molecule has 1 aliphatic heterocycles. The van der Waals surface area contributed by atoms with Crippen LogP contribution < -0.4 is 16.5 Å². The van der Waals surface area contributed by atoms with Crippen LogP contribution in [0.25, 0.3) is 0 Å². The van der Waals surface area contributed by atoms with Crippen LogP contribution in [-0.2, 0) is 0 Å². The number of anilines is 1. The molecule has 1 N–H and O–H groups in total. The zero-order chi connectivity index (χ0) is 17.7. The maximum atomic E-state index is 6.10. The van der Waals surface area contributed by atoms with Gasteiger partial charge in [-0.15, -0.1) is 0 Å². The van der Waals surface area contributed by atoms with Gasteiger partial charge in [-0.2, -0.15) is 0 Å². The van der Waals surface area contributed by atoms with Gasteiger partial charge in [-0.25, -0.2) is 0 Å². The number of rotatable bonds is 3. The Labute approximate surface area is 148 Å². The van der Waals surface area contributed by atoms with Crippen molar-refractivity contribution in [2.45, 2.75) is 39.2 Å². The molecular formula is C20H24B2N2. The zero-order valence-electron chi connectivity index (χ0n) is 14.8. The highest BCUT2D eigenvalue weighted by Crippen LogP contribution is 2.45. The molecule has 0 spiro atoms. The van der Waals surface area contributed by atoms with Crippen molar-refractivity contribution in [2.75, 3.05) is 5.32 Å². The monoisotopic (exact) mass is 314 g/mol. The molecule has 2 aliphatic rings. The van der Waals surface area contributed by atoms with E-state index in [4.69, 9.17) is 15.7 Å². The fourth-order valence-electron chi connectivity index (χ4n) is 3.56. The van der Waals surface area contributed by atoms with E-state index >= 15 is 0 Å².